The van der Waals surface area contributed by atoms with E-state index in [1.165, 1.54) is 12.1 Å². The lowest BCUT2D eigenvalue weighted by molar-refractivity contribution is -0.711. The largest absolute Gasteiger partial charge is 0.569 e. The molecule has 0 unspecified atom stereocenters. The summed E-state index contributed by atoms with van der Waals surface area (Å²) in [7, 11) is 1.27. The first kappa shape index (κ1) is 20.4. The molecule has 2 aliphatic rings. The highest BCUT2D eigenvalue weighted by Crippen LogP contribution is 2.41. The molecular weight excluding hydrogens is 412 g/mol. The summed E-state index contributed by atoms with van der Waals surface area (Å²) in [5.74, 6) is -0.158. The summed E-state index contributed by atoms with van der Waals surface area (Å²) in [6, 6.07) is 6.65. The predicted molar refractivity (Wildman–Crippen MR) is 105 cm³/mol. The normalized spacial score (nSPS) is 20.9. The number of hydrazine groups is 1. The number of hydrogen-bond acceptors (Lipinski definition) is 7. The molecule has 0 saturated carbocycles. The van der Waals surface area contributed by atoms with Gasteiger partial charge in [0.15, 0.2) is 11.8 Å². The van der Waals surface area contributed by atoms with E-state index in [-0.39, 0.29) is 12.7 Å². The number of halogens is 1. The van der Waals surface area contributed by atoms with E-state index < -0.39 is 12.0 Å². The second-order valence-electron chi connectivity index (χ2n) is 7.11. The van der Waals surface area contributed by atoms with Crippen LogP contribution in [-0.2, 0) is 21.0 Å². The van der Waals surface area contributed by atoms with Crippen molar-refractivity contribution in [3.8, 4) is 5.75 Å². The van der Waals surface area contributed by atoms with E-state index in [0.717, 1.165) is 16.7 Å². The van der Waals surface area contributed by atoms with Crippen LogP contribution in [0.1, 0.15) is 41.3 Å². The maximum absolute atomic E-state index is 12.9. The highest BCUT2D eigenvalue weighted by molar-refractivity contribution is 6.30. The smallest absolute Gasteiger partial charge is 0.340 e. The molecule has 0 amide bonds. The van der Waals surface area contributed by atoms with Crippen LogP contribution in [0.3, 0.4) is 0 Å². The van der Waals surface area contributed by atoms with Gasteiger partial charge in [-0.25, -0.2) is 4.79 Å². The number of aromatic nitrogens is 1. The van der Waals surface area contributed by atoms with Gasteiger partial charge in [0.25, 0.3) is 0 Å². The Bertz CT molecular complexity index is 982. The van der Waals surface area contributed by atoms with Gasteiger partial charge in [0, 0.05) is 22.3 Å². The predicted octanol–water partition coefficient (Wildman–Crippen LogP) is 3.47. The molecule has 0 radical (unpaired) electrons. The van der Waals surface area contributed by atoms with E-state index in [1.807, 2.05) is 12.1 Å². The quantitative estimate of drug-likeness (QED) is 0.308. The standard InChI is InChI=1S/C20H21ClN4O5/c1-12-18(30-20(26)17-4-3-9-24(17)25(27)23-28-2)16-11-29-19(15(16)10-22-12)13-5-7-14(21)8-6-13/h5-8,10,17,19H,3-4,9,11H2,1-2H3/b25-23-/t17-,19-/m0/s1. The summed E-state index contributed by atoms with van der Waals surface area (Å²) >= 11 is 5.98. The van der Waals surface area contributed by atoms with Crippen LogP contribution < -0.4 is 4.74 Å². The molecular formula is C20H21ClN4O5. The number of fused-ring (bicyclic) bond motifs is 1. The van der Waals surface area contributed by atoms with Crippen molar-refractivity contribution in [3.05, 3.63) is 63.1 Å². The molecule has 3 heterocycles. The van der Waals surface area contributed by atoms with E-state index in [0.29, 0.717) is 40.8 Å². The molecule has 1 saturated heterocycles. The minimum absolute atomic E-state index is 0.287. The third-order valence-corrected chi connectivity index (χ3v) is 5.52. The molecule has 0 N–H and O–H groups in total. The van der Waals surface area contributed by atoms with Gasteiger partial charge in [-0.15, -0.1) is 5.01 Å². The zero-order chi connectivity index (χ0) is 21.3. The van der Waals surface area contributed by atoms with Crippen LogP contribution in [0.15, 0.2) is 35.7 Å². The Morgan fingerprint density at radius 1 is 1.40 bits per heavy atom. The average molecular weight is 433 g/mol. The highest BCUT2D eigenvalue weighted by Gasteiger charge is 2.39. The summed E-state index contributed by atoms with van der Waals surface area (Å²) in [5, 5.41) is 17.2. The highest BCUT2D eigenvalue weighted by atomic mass is 35.5. The molecule has 0 aliphatic carbocycles. The molecule has 2 aromatic rings. The lowest BCUT2D eigenvalue weighted by Crippen LogP contribution is -2.42. The maximum Gasteiger partial charge on any atom is 0.340 e. The molecule has 158 valence electrons. The molecule has 9 nitrogen and oxygen atoms in total. The van der Waals surface area contributed by atoms with Gasteiger partial charge < -0.3 is 19.5 Å². The summed E-state index contributed by atoms with van der Waals surface area (Å²) < 4.78 is 11.7. The zero-order valence-corrected chi connectivity index (χ0v) is 17.3. The number of benzene rings is 1. The van der Waals surface area contributed by atoms with Crippen molar-refractivity contribution < 1.29 is 24.1 Å². The second-order valence-corrected chi connectivity index (χ2v) is 7.54. The number of aryl methyl sites for hydroxylation is 1. The van der Waals surface area contributed by atoms with Crippen LogP contribution in [0.4, 0.5) is 0 Å². The maximum atomic E-state index is 12.9. The average Bonchev–Trinajstić information content (AvgIpc) is 3.38. The molecule has 1 aromatic carbocycles. The Labute approximate surface area is 178 Å². The first-order valence-electron chi connectivity index (χ1n) is 9.54. The number of esters is 1. The van der Waals surface area contributed by atoms with E-state index in [1.54, 1.807) is 25.3 Å². The van der Waals surface area contributed by atoms with Crippen LogP contribution in [0.25, 0.3) is 0 Å². The van der Waals surface area contributed by atoms with Crippen LogP contribution in [0, 0.1) is 12.1 Å². The number of hydrogen-bond donors (Lipinski definition) is 0. The van der Waals surface area contributed by atoms with Crippen molar-refractivity contribution in [1.82, 2.24) is 9.99 Å². The molecule has 10 heteroatoms. The van der Waals surface area contributed by atoms with E-state index in [4.69, 9.17) is 21.1 Å². The SMILES string of the molecule is CO/N=[N+](\[O-])N1CCC[C@H]1C(=O)Oc1c(C)ncc2c1CO[C@H]2c1ccc(Cl)cc1. The van der Waals surface area contributed by atoms with E-state index in [9.17, 15) is 10.0 Å². The van der Waals surface area contributed by atoms with Gasteiger partial charge in [0.1, 0.15) is 13.2 Å². The molecule has 0 spiro atoms. The van der Waals surface area contributed by atoms with Crippen molar-refractivity contribution >= 4 is 17.6 Å². The van der Waals surface area contributed by atoms with Gasteiger partial charge in [0.2, 0.25) is 5.28 Å². The van der Waals surface area contributed by atoms with Crippen LogP contribution >= 0.6 is 11.6 Å². The van der Waals surface area contributed by atoms with Gasteiger partial charge in [-0.3, -0.25) is 4.98 Å². The number of carbonyl (C=O) groups is 1. The van der Waals surface area contributed by atoms with Crippen molar-refractivity contribution in [2.24, 2.45) is 5.28 Å². The number of carbonyl (C=O) groups excluding carboxylic acids is 1. The molecule has 2 aliphatic heterocycles. The third-order valence-electron chi connectivity index (χ3n) is 5.27. The Balaban J connectivity index is 1.59. The first-order chi connectivity index (χ1) is 14.5. The Morgan fingerprint density at radius 2 is 2.17 bits per heavy atom. The van der Waals surface area contributed by atoms with Crippen LogP contribution in [0.5, 0.6) is 5.75 Å². The van der Waals surface area contributed by atoms with Crippen LogP contribution in [0.2, 0.25) is 5.02 Å². The molecule has 1 aromatic heterocycles. The Kier molecular flexibility index (Phi) is 5.74. The lowest BCUT2D eigenvalue weighted by Gasteiger charge is -2.19. The van der Waals surface area contributed by atoms with E-state index >= 15 is 0 Å². The fourth-order valence-electron chi connectivity index (χ4n) is 3.81. The summed E-state index contributed by atoms with van der Waals surface area (Å²) in [6.45, 7) is 2.45. The van der Waals surface area contributed by atoms with Gasteiger partial charge in [-0.05, 0) is 37.5 Å². The Morgan fingerprint density at radius 3 is 2.90 bits per heavy atom. The second kappa shape index (κ2) is 8.45. The molecule has 4 rings (SSSR count). The van der Waals surface area contributed by atoms with Crippen LogP contribution in [-0.4, -0.2) is 40.6 Å². The van der Waals surface area contributed by atoms with E-state index in [2.05, 4.69) is 15.1 Å². The minimum Gasteiger partial charge on any atom is -0.569 e. The van der Waals surface area contributed by atoms with Crippen molar-refractivity contribution in [1.29, 1.82) is 0 Å². The molecule has 1 fully saturated rings. The lowest BCUT2D eigenvalue weighted by atomic mass is 10.0. The summed E-state index contributed by atoms with van der Waals surface area (Å²) in [6.07, 6.45) is 2.59. The molecule has 30 heavy (non-hydrogen) atoms. The minimum atomic E-state index is -0.744. The summed E-state index contributed by atoms with van der Waals surface area (Å²) in [4.78, 5) is 22.1. The Hall–Kier alpha value is -2.91. The van der Waals surface area contributed by atoms with Gasteiger partial charge in [-0.1, -0.05) is 23.7 Å². The number of nitrogens with zero attached hydrogens (tertiary/aromatic N) is 4. The number of ether oxygens (including phenoxy) is 2. The first-order valence-corrected chi connectivity index (χ1v) is 9.92. The number of rotatable bonds is 5. The van der Waals surface area contributed by atoms with Crippen molar-refractivity contribution in [3.63, 3.8) is 0 Å². The number of pyridine rings is 1. The van der Waals surface area contributed by atoms with Gasteiger partial charge >= 0.3 is 5.97 Å². The van der Waals surface area contributed by atoms with Gasteiger partial charge in [-0.2, -0.15) is 0 Å². The summed E-state index contributed by atoms with van der Waals surface area (Å²) in [5.41, 5.74) is 3.13. The zero-order valence-electron chi connectivity index (χ0n) is 16.6. The fourth-order valence-corrected chi connectivity index (χ4v) is 3.94. The third kappa shape index (κ3) is 3.78. The topological polar surface area (TPSA) is 99.3 Å². The van der Waals surface area contributed by atoms with Crippen molar-refractivity contribution in [2.75, 3.05) is 13.7 Å². The fraction of sp³-hybridized carbons (Fsp3) is 0.400. The van der Waals surface area contributed by atoms with Crippen molar-refractivity contribution in [2.45, 2.75) is 38.5 Å². The molecule has 2 atom stereocenters. The monoisotopic (exact) mass is 432 g/mol. The molecule has 0 bridgehead atoms. The van der Waals surface area contributed by atoms with Gasteiger partial charge in [0.05, 0.1) is 23.8 Å².